The highest BCUT2D eigenvalue weighted by Gasteiger charge is 2.40. The Bertz CT molecular complexity index is 2120. The minimum Gasteiger partial charge on any atom is -0.458 e. The van der Waals surface area contributed by atoms with E-state index in [1.54, 1.807) is 0 Å². The third kappa shape index (κ3) is 4.79. The molecule has 5 heteroatoms. The van der Waals surface area contributed by atoms with Crippen LogP contribution in [0.1, 0.15) is 12.8 Å². The fourth-order valence-corrected chi connectivity index (χ4v) is 7.07. The van der Waals surface area contributed by atoms with Crippen molar-refractivity contribution in [2.75, 3.05) is 9.80 Å². The van der Waals surface area contributed by atoms with E-state index in [2.05, 4.69) is 155 Å². The second kappa shape index (κ2) is 11.5. The van der Waals surface area contributed by atoms with Gasteiger partial charge in [-0.2, -0.15) is 0 Å². The number of ether oxygens (including phenoxy) is 2. The van der Waals surface area contributed by atoms with E-state index < -0.39 is 0 Å². The average Bonchev–Trinajstić information content (AvgIpc) is 3.13. The predicted molar refractivity (Wildman–Crippen MR) is 194 cm³/mol. The van der Waals surface area contributed by atoms with Gasteiger partial charge in [-0.1, -0.05) is 84.9 Å². The van der Waals surface area contributed by atoms with E-state index >= 15 is 0 Å². The predicted octanol–water partition coefficient (Wildman–Crippen LogP) is 9.26. The maximum absolute atomic E-state index is 6.68. The van der Waals surface area contributed by atoms with Crippen molar-refractivity contribution in [3.63, 3.8) is 0 Å². The number of benzene rings is 6. The molecule has 0 saturated heterocycles. The number of fused-ring (bicyclic) bond motifs is 4. The second-order valence-electron chi connectivity index (χ2n) is 12.0. The van der Waals surface area contributed by atoms with Crippen molar-refractivity contribution in [1.29, 1.82) is 0 Å². The Labute approximate surface area is 275 Å². The van der Waals surface area contributed by atoms with E-state index in [0.717, 1.165) is 80.7 Å². The molecule has 0 saturated carbocycles. The molecule has 6 aromatic carbocycles. The molecule has 2 heterocycles. The highest BCUT2D eigenvalue weighted by atomic mass is 16.5. The van der Waals surface area contributed by atoms with E-state index in [0.29, 0.717) is 0 Å². The van der Waals surface area contributed by atoms with Crippen LogP contribution in [0.2, 0.25) is 0 Å². The molecule has 0 atom stereocenters. The van der Waals surface area contributed by atoms with Crippen molar-refractivity contribution < 1.29 is 9.47 Å². The molecule has 3 aliphatic rings. The average molecular weight is 607 g/mol. The van der Waals surface area contributed by atoms with E-state index in [4.69, 9.17) is 9.47 Å². The van der Waals surface area contributed by atoms with Crippen LogP contribution in [-0.2, 0) is 0 Å². The van der Waals surface area contributed by atoms with Gasteiger partial charge in [0.1, 0.15) is 23.0 Å². The summed E-state index contributed by atoms with van der Waals surface area (Å²) in [6.45, 7) is -0.0160. The summed E-state index contributed by atoms with van der Waals surface area (Å²) in [5.74, 6) is 3.39. The van der Waals surface area contributed by atoms with Gasteiger partial charge in [0.05, 0.1) is 0 Å². The Balaban J connectivity index is 1.16. The zero-order valence-corrected chi connectivity index (χ0v) is 25.8. The molecular formula is C42H31BN2O2. The normalized spacial score (nSPS) is 13.7. The molecule has 4 nitrogen and oxygen atoms in total. The molecule has 224 valence electrons. The van der Waals surface area contributed by atoms with Crippen LogP contribution in [0.25, 0.3) is 0 Å². The number of nitrogens with zero attached hydrogens (tertiary/aromatic N) is 2. The van der Waals surface area contributed by atoms with Crippen LogP contribution in [0.5, 0.6) is 23.0 Å². The molecule has 0 fully saturated rings. The van der Waals surface area contributed by atoms with Crippen LogP contribution in [-0.4, -0.2) is 6.71 Å². The summed E-state index contributed by atoms with van der Waals surface area (Å²) in [7, 11) is 0. The quantitative estimate of drug-likeness (QED) is 0.176. The van der Waals surface area contributed by atoms with Gasteiger partial charge in [0.15, 0.2) is 0 Å². The largest absolute Gasteiger partial charge is 0.458 e. The summed E-state index contributed by atoms with van der Waals surface area (Å²) in [5.41, 5.74) is 9.92. The fraction of sp³-hybridized carbons (Fsp3) is 0.0476. The molecule has 0 spiro atoms. The number of para-hydroxylation sites is 3. The lowest BCUT2D eigenvalue weighted by molar-refractivity contribution is 0.464. The molecule has 0 amide bonds. The van der Waals surface area contributed by atoms with Gasteiger partial charge in [0.25, 0.3) is 6.71 Å². The van der Waals surface area contributed by atoms with Gasteiger partial charge < -0.3 is 19.3 Å². The number of hydrogen-bond acceptors (Lipinski definition) is 4. The van der Waals surface area contributed by atoms with Crippen molar-refractivity contribution in [1.82, 2.24) is 0 Å². The Kier molecular flexibility index (Phi) is 6.67. The van der Waals surface area contributed by atoms with Crippen molar-refractivity contribution in [3.8, 4) is 23.0 Å². The summed E-state index contributed by atoms with van der Waals surface area (Å²) >= 11 is 0. The first-order chi connectivity index (χ1) is 23.3. The molecule has 6 aromatic rings. The molecule has 0 aromatic heterocycles. The lowest BCUT2D eigenvalue weighted by Gasteiger charge is -2.35. The Morgan fingerprint density at radius 3 is 1.47 bits per heavy atom. The third-order valence-electron chi connectivity index (χ3n) is 9.16. The number of rotatable bonds is 6. The smallest absolute Gasteiger partial charge is 0.260 e. The lowest BCUT2D eigenvalue weighted by Crippen LogP contribution is -2.57. The van der Waals surface area contributed by atoms with Gasteiger partial charge >= 0.3 is 0 Å². The van der Waals surface area contributed by atoms with E-state index in [-0.39, 0.29) is 6.71 Å². The van der Waals surface area contributed by atoms with Gasteiger partial charge in [-0.3, -0.25) is 0 Å². The van der Waals surface area contributed by atoms with Gasteiger partial charge in [-0.25, -0.2) is 0 Å². The minimum atomic E-state index is -0.0160. The minimum absolute atomic E-state index is 0.0160. The Morgan fingerprint density at radius 2 is 0.957 bits per heavy atom. The Morgan fingerprint density at radius 1 is 0.447 bits per heavy atom. The monoisotopic (exact) mass is 606 g/mol. The molecule has 1 aliphatic carbocycles. The summed E-state index contributed by atoms with van der Waals surface area (Å²) in [6.07, 6.45) is 8.88. The Hall–Kier alpha value is -5.94. The molecule has 9 rings (SSSR count). The zero-order valence-electron chi connectivity index (χ0n) is 25.8. The van der Waals surface area contributed by atoms with E-state index in [9.17, 15) is 0 Å². The first-order valence-electron chi connectivity index (χ1n) is 16.2. The van der Waals surface area contributed by atoms with Gasteiger partial charge in [0, 0.05) is 51.7 Å². The topological polar surface area (TPSA) is 24.9 Å². The van der Waals surface area contributed by atoms with Crippen LogP contribution < -0.4 is 35.7 Å². The van der Waals surface area contributed by atoms with Crippen LogP contribution >= 0.6 is 0 Å². The van der Waals surface area contributed by atoms with Crippen LogP contribution in [0.4, 0.5) is 28.4 Å². The third-order valence-corrected chi connectivity index (χ3v) is 9.16. The van der Waals surface area contributed by atoms with Gasteiger partial charge in [-0.05, 0) is 90.5 Å². The SMILES string of the molecule is C1=CC(N(c2ccccc2)c2ccc3c(c2)Oc2cccc4c2B3c2ccc(N(c3ccccc3)c3ccccc3)cc2O4)=CCC1. The zero-order chi connectivity index (χ0) is 31.2. The van der Waals surface area contributed by atoms with Crippen LogP contribution in [0, 0.1) is 0 Å². The molecule has 0 N–H and O–H groups in total. The highest BCUT2D eigenvalue weighted by molar-refractivity contribution is 6.98. The second-order valence-corrected chi connectivity index (χ2v) is 12.0. The molecule has 0 bridgehead atoms. The van der Waals surface area contributed by atoms with Crippen LogP contribution in [0.3, 0.4) is 0 Å². The van der Waals surface area contributed by atoms with Crippen molar-refractivity contribution in [2.45, 2.75) is 12.8 Å². The number of anilines is 5. The van der Waals surface area contributed by atoms with Crippen molar-refractivity contribution in [3.05, 3.63) is 170 Å². The highest BCUT2D eigenvalue weighted by Crippen LogP contribution is 2.41. The summed E-state index contributed by atoms with van der Waals surface area (Å²) < 4.78 is 13.3. The first kappa shape index (κ1) is 27.4. The van der Waals surface area contributed by atoms with Gasteiger partial charge in [0.2, 0.25) is 0 Å². The standard InChI is InChI=1S/C42H31BN2O2/c1-5-14-30(15-6-1)44(31-16-7-2-8-17-31)34-24-26-36-40(28-34)46-38-22-13-23-39-42(38)43(36)37-27-25-35(29-41(37)47-39)45(32-18-9-3-10-19-32)33-20-11-4-12-21-33/h1-3,5-11,13-29H,4,12H2. The maximum atomic E-state index is 6.68. The summed E-state index contributed by atoms with van der Waals surface area (Å²) in [5, 5.41) is 0. The molecule has 0 unspecified atom stereocenters. The molecule has 0 radical (unpaired) electrons. The van der Waals surface area contributed by atoms with E-state index in [1.165, 1.54) is 5.70 Å². The van der Waals surface area contributed by atoms with Crippen molar-refractivity contribution in [2.24, 2.45) is 0 Å². The fourth-order valence-electron chi connectivity index (χ4n) is 7.07. The summed E-state index contributed by atoms with van der Waals surface area (Å²) in [4.78, 5) is 4.59. The first-order valence-corrected chi connectivity index (χ1v) is 16.2. The van der Waals surface area contributed by atoms with Crippen LogP contribution in [0.15, 0.2) is 170 Å². The number of hydrogen-bond donors (Lipinski definition) is 0. The maximum Gasteiger partial charge on any atom is 0.260 e. The van der Waals surface area contributed by atoms with E-state index in [1.807, 2.05) is 18.2 Å². The molecular weight excluding hydrogens is 575 g/mol. The lowest BCUT2D eigenvalue weighted by atomic mass is 9.35. The molecule has 47 heavy (non-hydrogen) atoms. The number of allylic oxidation sites excluding steroid dienone is 3. The molecule has 2 aliphatic heterocycles. The van der Waals surface area contributed by atoms with Crippen molar-refractivity contribution >= 4 is 51.5 Å². The van der Waals surface area contributed by atoms with Gasteiger partial charge in [-0.15, -0.1) is 0 Å². The summed E-state index contributed by atoms with van der Waals surface area (Å²) in [6, 6.07) is 50.9.